The molecule has 1 saturated heterocycles. The van der Waals surface area contributed by atoms with E-state index in [1.807, 2.05) is 69.2 Å². The second-order valence-corrected chi connectivity index (χ2v) is 39.6. The van der Waals surface area contributed by atoms with Gasteiger partial charge in [0.1, 0.15) is 58.0 Å². The molecule has 0 saturated carbocycles. The summed E-state index contributed by atoms with van der Waals surface area (Å²) in [4.78, 5) is 119. The van der Waals surface area contributed by atoms with Crippen LogP contribution < -0.4 is 47.9 Å². The normalized spacial score (nSPS) is 17.2. The largest absolute Gasteiger partial charge is 0.444 e. The van der Waals surface area contributed by atoms with Crippen LogP contribution in [0.2, 0.25) is 0 Å². The van der Waals surface area contributed by atoms with Crippen molar-refractivity contribution < 1.29 is 96.7 Å². The Labute approximate surface area is 761 Å². The fraction of sp³-hybridized carbons (Fsp3) is 0.907. The summed E-state index contributed by atoms with van der Waals surface area (Å²) >= 11 is 0. The minimum absolute atomic E-state index is 0.0816. The summed E-state index contributed by atoms with van der Waals surface area (Å²) in [5.41, 5.74) is -5.20. The maximum Gasteiger partial charge on any atom is 0.407 e. The second kappa shape index (κ2) is 66.2. The van der Waals surface area contributed by atoms with E-state index in [-0.39, 0.29) is 55.7 Å². The number of nitrogens with one attached hydrogen (secondary N) is 9. The van der Waals surface area contributed by atoms with Gasteiger partial charge in [0.2, 0.25) is 11.8 Å². The quantitative estimate of drug-likeness (QED) is 0.0199. The molecule has 0 radical (unpaired) electrons. The highest BCUT2D eigenvalue weighted by molar-refractivity contribution is 5.89. The number of aliphatic hydroxyl groups is 4. The van der Waals surface area contributed by atoms with Crippen LogP contribution >= 0.6 is 0 Å². The summed E-state index contributed by atoms with van der Waals surface area (Å²) in [5.74, 6) is -1.27. The first-order valence-corrected chi connectivity index (χ1v) is 49.6. The smallest absolute Gasteiger partial charge is 0.407 e. The molecule has 13 N–H and O–H groups in total. The molecule has 1 fully saturated rings. The van der Waals surface area contributed by atoms with Crippen LogP contribution in [0, 0.1) is 5.92 Å². The van der Waals surface area contributed by atoms with Gasteiger partial charge >= 0.3 is 36.6 Å². The van der Waals surface area contributed by atoms with Crippen molar-refractivity contribution in [3.8, 4) is 0 Å². The Morgan fingerprint density at radius 3 is 0.976 bits per heavy atom. The van der Waals surface area contributed by atoms with Crippen LogP contribution in [0.4, 0.5) is 28.8 Å². The van der Waals surface area contributed by atoms with Crippen LogP contribution in [0.5, 0.6) is 0 Å². The number of hydrogen-bond acceptors (Lipinski definition) is 20. The number of ether oxygens (including phenoxy) is 7. The Morgan fingerprint density at radius 2 is 0.619 bits per heavy atom. The maximum atomic E-state index is 13.7. The van der Waals surface area contributed by atoms with Crippen molar-refractivity contribution >= 4 is 54.3 Å². The van der Waals surface area contributed by atoms with E-state index in [9.17, 15) is 63.6 Å². The SMILES string of the molecule is CCCCCCCCCCC(NC(=O)C1OC(O)C(O)C(O)C1O)C(=O)NCCCCCCCCCCCCCCCCCCCCCCCC(=O)NCCCCCCC(CNC(=O)OC(C)(C)CC(CCC)NC(=O)OC(C)(C)CC(CC)NC(=O)OC(C)(C)CC)CNC(=O)OC(C)(C)CC(CCC)NC(=O)OC(C)(C)CC(CC)NC(=O)OC(C)(C)CC. The van der Waals surface area contributed by atoms with E-state index in [0.717, 1.165) is 103 Å². The van der Waals surface area contributed by atoms with E-state index in [1.54, 1.807) is 55.4 Å². The lowest BCUT2D eigenvalue weighted by Crippen LogP contribution is -2.63. The minimum atomic E-state index is -1.85. The monoisotopic (exact) mass is 1800 g/mol. The Kier molecular flexibility index (Phi) is 61.9. The van der Waals surface area contributed by atoms with Crippen LogP contribution in [-0.4, -0.2) is 195 Å². The van der Waals surface area contributed by atoms with E-state index in [1.165, 1.54) is 122 Å². The average Bonchev–Trinajstić information content (AvgIpc) is 0.807. The van der Waals surface area contributed by atoms with E-state index in [4.69, 9.17) is 33.2 Å². The van der Waals surface area contributed by atoms with Gasteiger partial charge in [0.25, 0.3) is 5.91 Å². The van der Waals surface area contributed by atoms with E-state index in [0.29, 0.717) is 83.7 Å². The predicted molar refractivity (Wildman–Crippen MR) is 499 cm³/mol. The molecule has 738 valence electrons. The molecule has 10 unspecified atom stereocenters. The predicted octanol–water partition coefficient (Wildman–Crippen LogP) is 19.5. The number of amides is 9. The summed E-state index contributed by atoms with van der Waals surface area (Å²) in [5, 5.41) is 66.8. The third-order valence-corrected chi connectivity index (χ3v) is 24.1. The molecule has 1 heterocycles. The second-order valence-electron chi connectivity index (χ2n) is 39.6. The van der Waals surface area contributed by atoms with E-state index < -0.39 is 125 Å². The number of unbranched alkanes of at least 4 members (excludes halogenated alkanes) is 30. The molecule has 9 amide bonds. The average molecular weight is 1800 g/mol. The maximum absolute atomic E-state index is 13.7. The molecule has 29 heteroatoms. The van der Waals surface area contributed by atoms with Crippen molar-refractivity contribution in [1.29, 1.82) is 0 Å². The van der Waals surface area contributed by atoms with Gasteiger partial charge in [-0.1, -0.05) is 254 Å². The van der Waals surface area contributed by atoms with Gasteiger partial charge in [-0.05, 0) is 160 Å². The number of rotatable bonds is 73. The molecule has 1 aliphatic heterocycles. The summed E-state index contributed by atoms with van der Waals surface area (Å²) < 4.78 is 40.3. The first kappa shape index (κ1) is 118. The highest BCUT2D eigenvalue weighted by atomic mass is 16.6. The first-order valence-electron chi connectivity index (χ1n) is 49.6. The van der Waals surface area contributed by atoms with E-state index in [2.05, 4.69) is 54.8 Å². The Hall–Kier alpha value is -6.17. The summed E-state index contributed by atoms with van der Waals surface area (Å²) in [6.45, 7) is 37.1. The van der Waals surface area contributed by atoms with Crippen molar-refractivity contribution in [2.24, 2.45) is 5.92 Å². The molecular formula is C97H185N9O20. The van der Waals surface area contributed by atoms with Gasteiger partial charge in [-0.3, -0.25) is 14.4 Å². The Bertz CT molecular complexity index is 2850. The van der Waals surface area contributed by atoms with Gasteiger partial charge in [0, 0.05) is 82.5 Å². The van der Waals surface area contributed by atoms with Crippen molar-refractivity contribution in [1.82, 2.24) is 47.9 Å². The molecule has 0 aromatic heterocycles. The zero-order chi connectivity index (χ0) is 94.6. The lowest BCUT2D eigenvalue weighted by atomic mass is 9.95. The lowest BCUT2D eigenvalue weighted by Gasteiger charge is -2.37. The van der Waals surface area contributed by atoms with Crippen molar-refractivity contribution in [3.05, 3.63) is 0 Å². The number of alkyl carbamates (subject to hydrolysis) is 6. The topological polar surface area (TPSA) is 407 Å². The van der Waals surface area contributed by atoms with Crippen LogP contribution in [0.3, 0.4) is 0 Å². The third kappa shape index (κ3) is 59.2. The summed E-state index contributed by atoms with van der Waals surface area (Å²) in [6.07, 6.45) is 32.5. The molecule has 0 aromatic rings. The molecular weight excluding hydrogens is 1610 g/mol. The first-order chi connectivity index (χ1) is 59.5. The fourth-order valence-corrected chi connectivity index (χ4v) is 15.9. The molecule has 126 heavy (non-hydrogen) atoms. The van der Waals surface area contributed by atoms with Gasteiger partial charge in [0.05, 0.1) is 0 Å². The van der Waals surface area contributed by atoms with Gasteiger partial charge in [-0.2, -0.15) is 0 Å². The van der Waals surface area contributed by atoms with Crippen LogP contribution in [-0.2, 0) is 47.5 Å². The molecule has 1 aliphatic rings. The zero-order valence-electron chi connectivity index (χ0n) is 82.4. The standard InChI is InChI=1S/C97H185N9O20/c1-20-27-28-29-30-46-49-55-62-77(106-84(112)82-80(109)79(108)81(110)85(113)120-82)83(111)99-65-58-52-48-45-43-41-39-37-35-33-31-32-34-36-38-40-42-44-47-50-56-63-78(107)98-64-57-53-51-54-61-72(70-100-86(114)121-96(16,17)68-75(59-21-2)104-90(118)125-94(12,13)66-73(23-4)102-88(116)123-92(8,9)25-6)71-101-87(115)122-97(18,19)69-76(60-22-3)105-91(119)126-95(14,15)67-74(24-5)103-89(117)124-93(10,11)26-7/h72-77,79-82,85,108-110,113H,20-71H2,1-19H3,(H,98,107)(H,99,111)(H,100,114)(H,101,115)(H,102,116)(H,103,117)(H,104,118)(H,105,119)(H,106,112). The molecule has 0 aromatic carbocycles. The molecule has 10 atom stereocenters. The molecule has 0 spiro atoms. The number of carbonyl (C=O) groups excluding carboxylic acids is 9. The van der Waals surface area contributed by atoms with Crippen molar-refractivity contribution in [3.63, 3.8) is 0 Å². The molecule has 29 nitrogen and oxygen atoms in total. The highest BCUT2D eigenvalue weighted by Crippen LogP contribution is 2.29. The lowest BCUT2D eigenvalue weighted by molar-refractivity contribution is -0.275. The van der Waals surface area contributed by atoms with Crippen LogP contribution in [0.1, 0.15) is 440 Å². The number of hydrogen-bond donors (Lipinski definition) is 13. The zero-order valence-corrected chi connectivity index (χ0v) is 82.4. The van der Waals surface area contributed by atoms with Gasteiger partial charge in [-0.25, -0.2) is 28.8 Å². The molecule has 1 rings (SSSR count). The molecule has 0 aliphatic carbocycles. The van der Waals surface area contributed by atoms with Gasteiger partial charge in [-0.15, -0.1) is 0 Å². The summed E-state index contributed by atoms with van der Waals surface area (Å²) in [6, 6.07) is -2.28. The third-order valence-electron chi connectivity index (χ3n) is 24.1. The van der Waals surface area contributed by atoms with Crippen LogP contribution in [0.25, 0.3) is 0 Å². The minimum Gasteiger partial charge on any atom is -0.444 e. The number of carbonyl (C=O) groups is 9. The number of aliphatic hydroxyl groups excluding tert-OH is 4. The van der Waals surface area contributed by atoms with Gasteiger partial charge < -0.3 is 101 Å². The van der Waals surface area contributed by atoms with Crippen LogP contribution in [0.15, 0.2) is 0 Å². The Balaban J connectivity index is 2.61. The molecule has 0 bridgehead atoms. The van der Waals surface area contributed by atoms with Gasteiger partial charge in [0.15, 0.2) is 12.4 Å². The van der Waals surface area contributed by atoms with Crippen molar-refractivity contribution in [2.45, 2.75) is 534 Å². The Morgan fingerprint density at radius 1 is 0.310 bits per heavy atom. The van der Waals surface area contributed by atoms with E-state index >= 15 is 0 Å². The highest BCUT2D eigenvalue weighted by Gasteiger charge is 2.47. The van der Waals surface area contributed by atoms with Crippen molar-refractivity contribution in [2.75, 3.05) is 26.2 Å². The fourth-order valence-electron chi connectivity index (χ4n) is 15.9. The summed E-state index contributed by atoms with van der Waals surface area (Å²) in [7, 11) is 0.